The van der Waals surface area contributed by atoms with Gasteiger partial charge in [0.2, 0.25) is 5.91 Å². The zero-order valence-electron chi connectivity index (χ0n) is 22.9. The smallest absolute Gasteiger partial charge is 0.243 e. The topological polar surface area (TPSA) is 102 Å². The van der Waals surface area contributed by atoms with E-state index in [2.05, 4.69) is 62.7 Å². The third kappa shape index (κ3) is 5.73. The van der Waals surface area contributed by atoms with Crippen molar-refractivity contribution in [2.45, 2.75) is 31.8 Å². The number of rotatable bonds is 7. The number of pyridine rings is 2. The molecule has 4 heterocycles. The molecule has 2 aromatic carbocycles. The van der Waals surface area contributed by atoms with Crippen LogP contribution in [0.1, 0.15) is 24.8 Å². The van der Waals surface area contributed by atoms with Gasteiger partial charge in [-0.1, -0.05) is 49.0 Å². The fourth-order valence-corrected chi connectivity index (χ4v) is 5.49. The second kappa shape index (κ2) is 11.7. The second-order valence-electron chi connectivity index (χ2n) is 10.4. The summed E-state index contributed by atoms with van der Waals surface area (Å²) in [5.41, 5.74) is 12.7. The number of hydrogen-bond acceptors (Lipinski definition) is 6. The maximum Gasteiger partial charge on any atom is 0.243 e. The maximum absolute atomic E-state index is 11.7. The molecule has 8 heteroatoms. The normalized spacial score (nSPS) is 15.9. The van der Waals surface area contributed by atoms with Gasteiger partial charge in [0.1, 0.15) is 11.3 Å². The summed E-state index contributed by atoms with van der Waals surface area (Å²) in [7, 11) is 0. The Kier molecular flexibility index (Phi) is 7.56. The number of nitrogens with one attached hydrogen (secondary N) is 1. The minimum absolute atomic E-state index is 0.0937. The number of carbonyl (C=O) groups excluding carboxylic acids is 1. The van der Waals surface area contributed by atoms with Gasteiger partial charge in [-0.2, -0.15) is 0 Å². The van der Waals surface area contributed by atoms with Crippen LogP contribution in [-0.4, -0.2) is 49.5 Å². The number of fused-ring (bicyclic) bond motifs is 1. The number of anilines is 1. The van der Waals surface area contributed by atoms with E-state index in [0.29, 0.717) is 11.6 Å². The van der Waals surface area contributed by atoms with Crippen LogP contribution in [0.25, 0.3) is 39.5 Å². The predicted molar refractivity (Wildman–Crippen MR) is 163 cm³/mol. The van der Waals surface area contributed by atoms with Gasteiger partial charge in [0, 0.05) is 36.6 Å². The summed E-state index contributed by atoms with van der Waals surface area (Å²) in [6, 6.07) is 26.7. The summed E-state index contributed by atoms with van der Waals surface area (Å²) in [6.45, 7) is 6.36. The molecule has 0 radical (unpaired) electrons. The van der Waals surface area contributed by atoms with Crippen LogP contribution in [0.4, 0.5) is 5.82 Å². The molecule has 206 valence electrons. The molecule has 1 amide bonds. The summed E-state index contributed by atoms with van der Waals surface area (Å²) >= 11 is 0. The minimum atomic E-state index is -0.0937. The number of imidazole rings is 1. The van der Waals surface area contributed by atoms with Crippen molar-refractivity contribution in [2.24, 2.45) is 0 Å². The van der Waals surface area contributed by atoms with Crippen molar-refractivity contribution in [3.63, 3.8) is 0 Å². The van der Waals surface area contributed by atoms with E-state index in [1.807, 2.05) is 42.5 Å². The largest absolute Gasteiger partial charge is 0.383 e. The fraction of sp³-hybridized carbons (Fsp3) is 0.212. The molecule has 1 fully saturated rings. The van der Waals surface area contributed by atoms with Crippen molar-refractivity contribution in [1.29, 1.82) is 0 Å². The van der Waals surface area contributed by atoms with Crippen LogP contribution in [-0.2, 0) is 11.3 Å². The van der Waals surface area contributed by atoms with E-state index in [1.54, 1.807) is 6.20 Å². The summed E-state index contributed by atoms with van der Waals surface area (Å²) in [5.74, 6) is 1.03. The summed E-state index contributed by atoms with van der Waals surface area (Å²) in [5, 5.41) is 3.06. The molecule has 0 aliphatic carbocycles. The van der Waals surface area contributed by atoms with E-state index in [4.69, 9.17) is 15.7 Å². The molecule has 5 aromatic rings. The first-order valence-corrected chi connectivity index (χ1v) is 14.0. The Labute approximate surface area is 239 Å². The van der Waals surface area contributed by atoms with Gasteiger partial charge >= 0.3 is 0 Å². The standard InChI is InChI=1S/C33H33N7O/c1-2-30(41)36-25-10-7-20-39(21-18-25)22-23-12-14-26(15-13-23)40-32(27-11-6-19-35-31(27)34)38-29-17-16-28(37-33(29)40)24-8-4-3-5-9-24/h2-6,8-9,11-17,19,25H,1,7,10,18,20-22H2,(H2,34,35)(H,36,41). The van der Waals surface area contributed by atoms with Crippen molar-refractivity contribution in [3.05, 3.63) is 103 Å². The third-order valence-corrected chi connectivity index (χ3v) is 7.61. The molecule has 1 unspecified atom stereocenters. The number of aromatic nitrogens is 4. The lowest BCUT2D eigenvalue weighted by molar-refractivity contribution is -0.117. The van der Waals surface area contributed by atoms with Gasteiger partial charge in [0.25, 0.3) is 0 Å². The van der Waals surface area contributed by atoms with Crippen molar-refractivity contribution >= 4 is 22.9 Å². The van der Waals surface area contributed by atoms with E-state index in [1.165, 1.54) is 11.6 Å². The number of carbonyl (C=O) groups is 1. The first-order valence-electron chi connectivity index (χ1n) is 14.0. The highest BCUT2D eigenvalue weighted by atomic mass is 16.1. The molecule has 0 bridgehead atoms. The van der Waals surface area contributed by atoms with Gasteiger partial charge < -0.3 is 11.1 Å². The summed E-state index contributed by atoms with van der Waals surface area (Å²) in [6.07, 6.45) is 6.00. The molecule has 1 atom stereocenters. The molecule has 0 saturated carbocycles. The summed E-state index contributed by atoms with van der Waals surface area (Å²) in [4.78, 5) is 28.5. The number of nitrogens with two attached hydrogens (primary N) is 1. The SMILES string of the molecule is C=CC(=O)NC1CCCN(Cc2ccc(-n3c(-c4cccnc4N)nc4ccc(-c5ccccc5)nc43)cc2)CC1. The third-order valence-electron chi connectivity index (χ3n) is 7.61. The van der Waals surface area contributed by atoms with Crippen LogP contribution in [0.2, 0.25) is 0 Å². The molecule has 0 spiro atoms. The van der Waals surface area contributed by atoms with Gasteiger partial charge in [-0.15, -0.1) is 0 Å². The van der Waals surface area contributed by atoms with E-state index < -0.39 is 0 Å². The first-order chi connectivity index (χ1) is 20.1. The lowest BCUT2D eigenvalue weighted by Gasteiger charge is -2.20. The van der Waals surface area contributed by atoms with Gasteiger partial charge in [0.15, 0.2) is 11.5 Å². The molecule has 1 aliphatic rings. The molecule has 1 saturated heterocycles. The Morgan fingerprint density at radius 3 is 2.59 bits per heavy atom. The average Bonchev–Trinajstić information content (AvgIpc) is 3.25. The number of nitrogen functional groups attached to an aromatic ring is 1. The Morgan fingerprint density at radius 2 is 1.80 bits per heavy atom. The van der Waals surface area contributed by atoms with E-state index in [-0.39, 0.29) is 11.9 Å². The van der Waals surface area contributed by atoms with Crippen molar-refractivity contribution in [1.82, 2.24) is 29.7 Å². The summed E-state index contributed by atoms with van der Waals surface area (Å²) < 4.78 is 2.07. The van der Waals surface area contributed by atoms with Crippen LogP contribution in [0.3, 0.4) is 0 Å². The Hall–Kier alpha value is -4.82. The quantitative estimate of drug-likeness (QED) is 0.267. The number of nitrogens with zero attached hydrogens (tertiary/aromatic N) is 5. The lowest BCUT2D eigenvalue weighted by Crippen LogP contribution is -2.34. The second-order valence-corrected chi connectivity index (χ2v) is 10.4. The minimum Gasteiger partial charge on any atom is -0.383 e. The van der Waals surface area contributed by atoms with Crippen LogP contribution in [0, 0.1) is 0 Å². The Morgan fingerprint density at radius 1 is 0.976 bits per heavy atom. The number of likely N-dealkylation sites (tertiary alicyclic amines) is 1. The highest BCUT2D eigenvalue weighted by Gasteiger charge is 2.20. The van der Waals surface area contributed by atoms with Gasteiger partial charge in [-0.05, 0) is 73.8 Å². The average molecular weight is 544 g/mol. The number of amides is 1. The van der Waals surface area contributed by atoms with Crippen molar-refractivity contribution in [2.75, 3.05) is 18.8 Å². The number of hydrogen-bond donors (Lipinski definition) is 2. The van der Waals surface area contributed by atoms with Crippen LogP contribution in [0.5, 0.6) is 0 Å². The molecule has 6 rings (SSSR count). The molecule has 41 heavy (non-hydrogen) atoms. The fourth-order valence-electron chi connectivity index (χ4n) is 5.49. The zero-order valence-corrected chi connectivity index (χ0v) is 22.9. The molecule has 1 aliphatic heterocycles. The Balaban J connectivity index is 1.31. The predicted octanol–water partition coefficient (Wildman–Crippen LogP) is 5.39. The molecule has 8 nitrogen and oxygen atoms in total. The van der Waals surface area contributed by atoms with Gasteiger partial charge in [0.05, 0.1) is 11.3 Å². The van der Waals surface area contributed by atoms with Crippen molar-refractivity contribution in [3.8, 4) is 28.3 Å². The van der Waals surface area contributed by atoms with Crippen LogP contribution >= 0.6 is 0 Å². The van der Waals surface area contributed by atoms with Crippen LogP contribution in [0.15, 0.2) is 97.7 Å². The van der Waals surface area contributed by atoms with Crippen molar-refractivity contribution < 1.29 is 4.79 Å². The number of benzene rings is 2. The van der Waals surface area contributed by atoms with Gasteiger partial charge in [-0.3, -0.25) is 14.3 Å². The van der Waals surface area contributed by atoms with Gasteiger partial charge in [-0.25, -0.2) is 15.0 Å². The molecular weight excluding hydrogens is 510 g/mol. The Bertz CT molecular complexity index is 1680. The molecule has 3 aromatic heterocycles. The van der Waals surface area contributed by atoms with Crippen LogP contribution < -0.4 is 11.1 Å². The molecular formula is C33H33N7O. The first kappa shape index (κ1) is 26.4. The molecule has 3 N–H and O–H groups in total. The van der Waals surface area contributed by atoms with E-state index in [9.17, 15) is 4.79 Å². The van der Waals surface area contributed by atoms with E-state index >= 15 is 0 Å². The highest BCUT2D eigenvalue weighted by Crippen LogP contribution is 2.32. The lowest BCUT2D eigenvalue weighted by atomic mass is 10.1. The zero-order chi connectivity index (χ0) is 28.2. The van der Waals surface area contributed by atoms with E-state index in [0.717, 1.165) is 72.6 Å². The monoisotopic (exact) mass is 543 g/mol. The maximum atomic E-state index is 11.7. The highest BCUT2D eigenvalue weighted by molar-refractivity contribution is 5.87.